The van der Waals surface area contributed by atoms with Crippen molar-refractivity contribution >= 4 is 33.4 Å². The zero-order valence-electron chi connectivity index (χ0n) is 20.0. The molecule has 2 amide bonds. The molecule has 190 valence electrons. The molecule has 3 rings (SSSR count). The third-order valence-corrected chi connectivity index (χ3v) is 6.60. The number of nitrogens with one attached hydrogen (secondary N) is 2. The molecule has 0 aliphatic carbocycles. The molecule has 2 aromatic carbocycles. The van der Waals surface area contributed by atoms with Gasteiger partial charge in [0.2, 0.25) is 5.91 Å². The summed E-state index contributed by atoms with van der Waals surface area (Å²) < 4.78 is 58.4. The van der Waals surface area contributed by atoms with Crippen LogP contribution in [-0.2, 0) is 19.6 Å². The van der Waals surface area contributed by atoms with Crippen LogP contribution in [-0.4, -0.2) is 52.3 Å². The molecule has 0 spiro atoms. The van der Waals surface area contributed by atoms with Gasteiger partial charge in [-0.2, -0.15) is 0 Å². The van der Waals surface area contributed by atoms with Crippen LogP contribution in [0.2, 0.25) is 0 Å². The molecule has 0 saturated carbocycles. The Hall–Kier alpha value is -3.54. The highest BCUT2D eigenvalue weighted by Crippen LogP contribution is 2.39. The Kier molecular flexibility index (Phi) is 7.44. The fraction of sp³-hybridized carbons (Fsp3) is 0.391. The molecule has 2 N–H and O–H groups in total. The summed E-state index contributed by atoms with van der Waals surface area (Å²) in [6, 6.07) is 7.71. The van der Waals surface area contributed by atoms with Crippen LogP contribution in [0.25, 0.3) is 0 Å². The first-order valence-corrected chi connectivity index (χ1v) is 12.2. The third-order valence-electron chi connectivity index (χ3n) is 4.83. The minimum absolute atomic E-state index is 0.0610. The Balaban J connectivity index is 2.01. The number of carbonyl (C=O) groups excluding carboxylic acids is 2. The maximum atomic E-state index is 13.9. The summed E-state index contributed by atoms with van der Waals surface area (Å²) in [5, 5.41) is 5.19. The van der Waals surface area contributed by atoms with Gasteiger partial charge in [0.25, 0.3) is 10.0 Å². The summed E-state index contributed by atoms with van der Waals surface area (Å²) in [5.41, 5.74) is -0.297. The van der Waals surface area contributed by atoms with E-state index in [0.29, 0.717) is 0 Å². The highest BCUT2D eigenvalue weighted by molar-refractivity contribution is 7.92. The quantitative estimate of drug-likeness (QED) is 0.613. The van der Waals surface area contributed by atoms with Gasteiger partial charge in [-0.3, -0.25) is 14.4 Å². The second-order valence-electron chi connectivity index (χ2n) is 8.82. The van der Waals surface area contributed by atoms with E-state index in [4.69, 9.17) is 14.2 Å². The largest absolute Gasteiger partial charge is 0.494 e. The molecule has 1 unspecified atom stereocenters. The average Bonchev–Trinajstić information content (AvgIpc) is 2.76. The minimum atomic E-state index is -4.22. The number of rotatable bonds is 6. The van der Waals surface area contributed by atoms with Crippen molar-refractivity contribution < 1.29 is 36.6 Å². The van der Waals surface area contributed by atoms with E-state index in [9.17, 15) is 22.4 Å². The Labute approximate surface area is 203 Å². The molecule has 1 heterocycles. The van der Waals surface area contributed by atoms with E-state index in [-0.39, 0.29) is 46.8 Å². The summed E-state index contributed by atoms with van der Waals surface area (Å²) in [5.74, 6) is -1.01. The maximum absolute atomic E-state index is 13.9. The number of fused-ring (bicyclic) bond motifs is 1. The number of halogens is 1. The molecule has 0 bridgehead atoms. The normalized spacial score (nSPS) is 15.5. The minimum Gasteiger partial charge on any atom is -0.494 e. The number of sulfonamides is 1. The standard InChI is InChI=1S/C23H28FN3O7S/c1-14(28)25-12-16-13-27(35(30,31)17-7-8-18(24)21(11-17)32-5)19-10-15(6-9-20(19)33-16)26-22(29)34-23(2,3)4/h6-11,16H,12-13H2,1-5H3,(H,25,28)(H,26,29). The van der Waals surface area contributed by atoms with E-state index in [2.05, 4.69) is 10.6 Å². The van der Waals surface area contributed by atoms with Crippen LogP contribution in [0.5, 0.6) is 11.5 Å². The Morgan fingerprint density at radius 1 is 1.20 bits per heavy atom. The number of hydrogen-bond acceptors (Lipinski definition) is 7. The number of methoxy groups -OCH3 is 1. The Morgan fingerprint density at radius 3 is 2.54 bits per heavy atom. The summed E-state index contributed by atoms with van der Waals surface area (Å²) in [6.45, 7) is 6.40. The van der Waals surface area contributed by atoms with E-state index in [1.54, 1.807) is 20.8 Å². The van der Waals surface area contributed by atoms with Crippen molar-refractivity contribution in [2.75, 3.05) is 29.8 Å². The Bertz CT molecular complexity index is 1230. The molecule has 2 aromatic rings. The zero-order valence-corrected chi connectivity index (χ0v) is 20.9. The number of nitrogens with zero attached hydrogens (tertiary/aromatic N) is 1. The second-order valence-corrected chi connectivity index (χ2v) is 10.7. The lowest BCUT2D eigenvalue weighted by Gasteiger charge is -2.35. The van der Waals surface area contributed by atoms with Crippen LogP contribution in [0.3, 0.4) is 0 Å². The van der Waals surface area contributed by atoms with Crippen LogP contribution in [0, 0.1) is 5.82 Å². The van der Waals surface area contributed by atoms with Gasteiger partial charge in [0, 0.05) is 18.7 Å². The zero-order chi connectivity index (χ0) is 26.0. The molecule has 1 atom stereocenters. The molecular weight excluding hydrogens is 481 g/mol. The Morgan fingerprint density at radius 2 is 1.91 bits per heavy atom. The first-order valence-electron chi connectivity index (χ1n) is 10.7. The molecule has 1 aliphatic rings. The van der Waals surface area contributed by atoms with Gasteiger partial charge in [-0.15, -0.1) is 0 Å². The maximum Gasteiger partial charge on any atom is 0.412 e. The molecule has 1 aliphatic heterocycles. The fourth-order valence-corrected chi connectivity index (χ4v) is 4.85. The third kappa shape index (κ3) is 6.32. The van der Waals surface area contributed by atoms with Crippen LogP contribution in [0.4, 0.5) is 20.6 Å². The van der Waals surface area contributed by atoms with Gasteiger partial charge >= 0.3 is 6.09 Å². The molecule has 10 nitrogen and oxygen atoms in total. The van der Waals surface area contributed by atoms with Gasteiger partial charge in [0.05, 0.1) is 30.8 Å². The fourth-order valence-electron chi connectivity index (χ4n) is 3.33. The number of hydrogen-bond donors (Lipinski definition) is 2. The van der Waals surface area contributed by atoms with Crippen LogP contribution in [0.1, 0.15) is 27.7 Å². The number of benzene rings is 2. The van der Waals surface area contributed by atoms with Gasteiger partial charge in [-0.25, -0.2) is 17.6 Å². The number of anilines is 2. The van der Waals surface area contributed by atoms with E-state index < -0.39 is 33.6 Å². The molecule has 0 fully saturated rings. The van der Waals surface area contributed by atoms with E-state index >= 15 is 0 Å². The van der Waals surface area contributed by atoms with Crippen molar-refractivity contribution in [1.29, 1.82) is 0 Å². The summed E-state index contributed by atoms with van der Waals surface area (Å²) >= 11 is 0. The van der Waals surface area contributed by atoms with E-state index in [1.807, 2.05) is 0 Å². The molecule has 35 heavy (non-hydrogen) atoms. The van der Waals surface area contributed by atoms with Crippen LogP contribution >= 0.6 is 0 Å². The van der Waals surface area contributed by atoms with E-state index in [0.717, 1.165) is 22.5 Å². The van der Waals surface area contributed by atoms with Crippen molar-refractivity contribution in [3.05, 3.63) is 42.2 Å². The SMILES string of the molecule is COc1cc(S(=O)(=O)N2CC(CNC(C)=O)Oc3ccc(NC(=O)OC(C)(C)C)cc32)ccc1F. The number of carbonyl (C=O) groups is 2. The van der Waals surface area contributed by atoms with Crippen molar-refractivity contribution in [2.45, 2.75) is 44.3 Å². The van der Waals surface area contributed by atoms with E-state index in [1.165, 1.54) is 32.2 Å². The van der Waals surface area contributed by atoms with Gasteiger partial charge in [-0.1, -0.05) is 0 Å². The molecule has 0 radical (unpaired) electrons. The predicted molar refractivity (Wildman–Crippen MR) is 127 cm³/mol. The average molecular weight is 510 g/mol. The van der Waals surface area contributed by atoms with Crippen LogP contribution in [0.15, 0.2) is 41.3 Å². The number of amides is 2. The molecular formula is C23H28FN3O7S. The van der Waals surface area contributed by atoms with Gasteiger partial charge in [0.1, 0.15) is 17.5 Å². The summed E-state index contributed by atoms with van der Waals surface area (Å²) in [7, 11) is -2.99. The molecule has 12 heteroatoms. The van der Waals surface area contributed by atoms with Crippen molar-refractivity contribution in [2.24, 2.45) is 0 Å². The van der Waals surface area contributed by atoms with Gasteiger partial charge in [0.15, 0.2) is 11.6 Å². The lowest BCUT2D eigenvalue weighted by atomic mass is 10.2. The highest BCUT2D eigenvalue weighted by atomic mass is 32.2. The van der Waals surface area contributed by atoms with Crippen LogP contribution < -0.4 is 24.4 Å². The van der Waals surface area contributed by atoms with Crippen molar-refractivity contribution in [3.8, 4) is 11.5 Å². The highest BCUT2D eigenvalue weighted by Gasteiger charge is 2.35. The lowest BCUT2D eigenvalue weighted by Crippen LogP contribution is -2.48. The van der Waals surface area contributed by atoms with Gasteiger partial charge in [-0.05, 0) is 51.1 Å². The summed E-state index contributed by atoms with van der Waals surface area (Å²) in [6.07, 6.45) is -1.41. The monoisotopic (exact) mass is 509 g/mol. The lowest BCUT2D eigenvalue weighted by molar-refractivity contribution is -0.119. The molecule has 0 saturated heterocycles. The number of ether oxygens (including phenoxy) is 3. The predicted octanol–water partition coefficient (Wildman–Crippen LogP) is 3.27. The topological polar surface area (TPSA) is 123 Å². The molecule has 0 aromatic heterocycles. The van der Waals surface area contributed by atoms with Gasteiger partial charge < -0.3 is 19.5 Å². The van der Waals surface area contributed by atoms with Crippen molar-refractivity contribution in [1.82, 2.24) is 5.32 Å². The smallest absolute Gasteiger partial charge is 0.412 e. The first-order chi connectivity index (χ1) is 16.3. The summed E-state index contributed by atoms with van der Waals surface area (Å²) in [4.78, 5) is 23.4. The second kappa shape index (κ2) is 9.98. The van der Waals surface area contributed by atoms with Crippen molar-refractivity contribution in [3.63, 3.8) is 0 Å². The first kappa shape index (κ1) is 26.1.